The fourth-order valence-electron chi connectivity index (χ4n) is 1.53. The molecule has 0 N–H and O–H groups in total. The normalized spacial score (nSPS) is 11.9. The van der Waals surface area contributed by atoms with Gasteiger partial charge >= 0.3 is 5.97 Å². The van der Waals surface area contributed by atoms with E-state index in [0.717, 1.165) is 12.0 Å². The van der Waals surface area contributed by atoms with Crippen LogP contribution in [0.3, 0.4) is 0 Å². The van der Waals surface area contributed by atoms with Crippen molar-refractivity contribution < 1.29 is 13.9 Å². The SMILES string of the molecule is C=C(C(=O)OCCC)C(F)CCc1ccccc1. The lowest BCUT2D eigenvalue weighted by Gasteiger charge is -2.10. The molecule has 0 heterocycles. The molecular weight excluding hydrogens is 231 g/mol. The van der Waals surface area contributed by atoms with Gasteiger partial charge in [0, 0.05) is 0 Å². The molecule has 18 heavy (non-hydrogen) atoms. The fraction of sp³-hybridized carbons (Fsp3) is 0.400. The van der Waals surface area contributed by atoms with Gasteiger partial charge in [0.25, 0.3) is 0 Å². The van der Waals surface area contributed by atoms with E-state index < -0.39 is 12.1 Å². The van der Waals surface area contributed by atoms with Gasteiger partial charge < -0.3 is 4.74 Å². The molecule has 1 aromatic rings. The predicted octanol–water partition coefficient (Wildman–Crippen LogP) is 3.47. The second-order valence-electron chi connectivity index (χ2n) is 4.15. The van der Waals surface area contributed by atoms with Gasteiger partial charge in [-0.05, 0) is 24.8 Å². The molecule has 0 aromatic heterocycles. The van der Waals surface area contributed by atoms with E-state index in [1.54, 1.807) is 0 Å². The van der Waals surface area contributed by atoms with Crippen LogP contribution in [-0.4, -0.2) is 18.7 Å². The van der Waals surface area contributed by atoms with Gasteiger partial charge in [0.15, 0.2) is 0 Å². The summed E-state index contributed by atoms with van der Waals surface area (Å²) >= 11 is 0. The standard InChI is InChI=1S/C15H19FO2/c1-3-11-18-15(17)12(2)14(16)10-9-13-7-5-4-6-8-13/h4-8,14H,2-3,9-11H2,1H3. The van der Waals surface area contributed by atoms with Crippen LogP contribution in [0.15, 0.2) is 42.5 Å². The van der Waals surface area contributed by atoms with E-state index in [9.17, 15) is 9.18 Å². The lowest BCUT2D eigenvalue weighted by molar-refractivity contribution is -0.139. The molecule has 98 valence electrons. The fourth-order valence-corrected chi connectivity index (χ4v) is 1.53. The van der Waals surface area contributed by atoms with Crippen molar-refractivity contribution in [3.8, 4) is 0 Å². The summed E-state index contributed by atoms with van der Waals surface area (Å²) in [7, 11) is 0. The molecule has 0 radical (unpaired) electrons. The van der Waals surface area contributed by atoms with Gasteiger partial charge in [0.2, 0.25) is 0 Å². The summed E-state index contributed by atoms with van der Waals surface area (Å²) in [4.78, 5) is 11.4. The number of ether oxygens (including phenoxy) is 1. The monoisotopic (exact) mass is 250 g/mol. The van der Waals surface area contributed by atoms with E-state index in [2.05, 4.69) is 6.58 Å². The Hall–Kier alpha value is -1.64. The van der Waals surface area contributed by atoms with E-state index in [-0.39, 0.29) is 12.0 Å². The number of benzene rings is 1. The zero-order valence-corrected chi connectivity index (χ0v) is 10.7. The Morgan fingerprint density at radius 2 is 2.06 bits per heavy atom. The lowest BCUT2D eigenvalue weighted by atomic mass is 10.0. The van der Waals surface area contributed by atoms with Crippen molar-refractivity contribution in [2.24, 2.45) is 0 Å². The number of esters is 1. The van der Waals surface area contributed by atoms with Gasteiger partial charge in [-0.15, -0.1) is 0 Å². The molecule has 3 heteroatoms. The number of halogens is 1. The van der Waals surface area contributed by atoms with E-state index in [1.165, 1.54) is 0 Å². The number of rotatable bonds is 7. The molecule has 0 aliphatic rings. The third-order valence-corrected chi connectivity index (χ3v) is 2.61. The molecule has 0 spiro atoms. The quantitative estimate of drug-likeness (QED) is 0.547. The number of aryl methyl sites for hydroxylation is 1. The smallest absolute Gasteiger partial charge is 0.336 e. The van der Waals surface area contributed by atoms with Gasteiger partial charge in [-0.1, -0.05) is 43.8 Å². The third kappa shape index (κ3) is 4.70. The molecule has 0 fully saturated rings. The topological polar surface area (TPSA) is 26.3 Å². The molecule has 0 aliphatic carbocycles. The second kappa shape index (κ2) is 7.64. The van der Waals surface area contributed by atoms with Crippen molar-refractivity contribution in [2.75, 3.05) is 6.61 Å². The Bertz CT molecular complexity index is 387. The highest BCUT2D eigenvalue weighted by atomic mass is 19.1. The molecule has 1 rings (SSSR count). The molecular formula is C15H19FO2. The number of carbonyl (C=O) groups excluding carboxylic acids is 1. The summed E-state index contributed by atoms with van der Waals surface area (Å²) in [6.07, 6.45) is 0.223. The van der Waals surface area contributed by atoms with Gasteiger partial charge in [-0.2, -0.15) is 0 Å². The summed E-state index contributed by atoms with van der Waals surface area (Å²) in [6, 6.07) is 9.60. The highest BCUT2D eigenvalue weighted by Gasteiger charge is 2.19. The maximum absolute atomic E-state index is 13.8. The van der Waals surface area contributed by atoms with Crippen molar-refractivity contribution in [3.05, 3.63) is 48.0 Å². The molecule has 0 aliphatic heterocycles. The van der Waals surface area contributed by atoms with Crippen LogP contribution in [0.25, 0.3) is 0 Å². The van der Waals surface area contributed by atoms with Crippen molar-refractivity contribution in [3.63, 3.8) is 0 Å². The first kappa shape index (κ1) is 14.4. The number of hydrogen-bond acceptors (Lipinski definition) is 2. The van der Waals surface area contributed by atoms with E-state index in [0.29, 0.717) is 13.0 Å². The number of hydrogen-bond donors (Lipinski definition) is 0. The first-order chi connectivity index (χ1) is 8.65. The summed E-state index contributed by atoms with van der Waals surface area (Å²) in [5.41, 5.74) is 0.967. The Labute approximate surface area is 107 Å². The Kier molecular flexibility index (Phi) is 6.12. The average molecular weight is 250 g/mol. The molecule has 1 aromatic carbocycles. The second-order valence-corrected chi connectivity index (χ2v) is 4.15. The predicted molar refractivity (Wildman–Crippen MR) is 70.0 cm³/mol. The van der Waals surface area contributed by atoms with Crippen LogP contribution >= 0.6 is 0 Å². The van der Waals surface area contributed by atoms with Gasteiger partial charge in [0.1, 0.15) is 6.17 Å². The molecule has 0 bridgehead atoms. The lowest BCUT2D eigenvalue weighted by Crippen LogP contribution is -2.17. The summed E-state index contributed by atoms with van der Waals surface area (Å²) < 4.78 is 18.6. The zero-order valence-electron chi connectivity index (χ0n) is 10.7. The zero-order chi connectivity index (χ0) is 13.4. The summed E-state index contributed by atoms with van der Waals surface area (Å²) in [6.45, 7) is 5.67. The van der Waals surface area contributed by atoms with Crippen LogP contribution < -0.4 is 0 Å². The average Bonchev–Trinajstić information content (AvgIpc) is 2.42. The Balaban J connectivity index is 2.38. The summed E-state index contributed by atoms with van der Waals surface area (Å²) in [5.74, 6) is -0.627. The summed E-state index contributed by atoms with van der Waals surface area (Å²) in [5, 5.41) is 0. The maximum atomic E-state index is 13.8. The first-order valence-corrected chi connectivity index (χ1v) is 6.19. The maximum Gasteiger partial charge on any atom is 0.336 e. The van der Waals surface area contributed by atoms with Crippen molar-refractivity contribution >= 4 is 5.97 Å². The highest BCUT2D eigenvalue weighted by molar-refractivity contribution is 5.88. The number of alkyl halides is 1. The van der Waals surface area contributed by atoms with E-state index in [1.807, 2.05) is 37.3 Å². The van der Waals surface area contributed by atoms with Crippen LogP contribution in [0.2, 0.25) is 0 Å². The van der Waals surface area contributed by atoms with Crippen molar-refractivity contribution in [2.45, 2.75) is 32.4 Å². The molecule has 0 saturated carbocycles. The number of carbonyl (C=O) groups is 1. The minimum absolute atomic E-state index is 0.0839. The first-order valence-electron chi connectivity index (χ1n) is 6.19. The van der Waals surface area contributed by atoms with Crippen LogP contribution in [0.4, 0.5) is 4.39 Å². The van der Waals surface area contributed by atoms with Crippen LogP contribution in [-0.2, 0) is 16.0 Å². The van der Waals surface area contributed by atoms with Gasteiger partial charge in [-0.3, -0.25) is 0 Å². The minimum atomic E-state index is -1.34. The van der Waals surface area contributed by atoms with Gasteiger partial charge in [-0.25, -0.2) is 9.18 Å². The molecule has 2 nitrogen and oxygen atoms in total. The van der Waals surface area contributed by atoms with Crippen molar-refractivity contribution in [1.82, 2.24) is 0 Å². The Morgan fingerprint density at radius 1 is 1.39 bits per heavy atom. The molecule has 1 unspecified atom stereocenters. The van der Waals surface area contributed by atoms with Gasteiger partial charge in [0.05, 0.1) is 12.2 Å². The van der Waals surface area contributed by atoms with Crippen molar-refractivity contribution in [1.29, 1.82) is 0 Å². The van der Waals surface area contributed by atoms with Crippen LogP contribution in [0.1, 0.15) is 25.3 Å². The van der Waals surface area contributed by atoms with Crippen LogP contribution in [0.5, 0.6) is 0 Å². The van der Waals surface area contributed by atoms with E-state index in [4.69, 9.17) is 4.74 Å². The minimum Gasteiger partial charge on any atom is -0.462 e. The Morgan fingerprint density at radius 3 is 2.67 bits per heavy atom. The molecule has 0 amide bonds. The largest absolute Gasteiger partial charge is 0.462 e. The van der Waals surface area contributed by atoms with E-state index >= 15 is 0 Å². The molecule has 0 saturated heterocycles. The molecule has 1 atom stereocenters. The third-order valence-electron chi connectivity index (χ3n) is 2.61. The highest BCUT2D eigenvalue weighted by Crippen LogP contribution is 2.14. The van der Waals surface area contributed by atoms with Crippen LogP contribution in [0, 0.1) is 0 Å².